The zero-order chi connectivity index (χ0) is 14.8. The van der Waals surface area contributed by atoms with Crippen molar-refractivity contribution in [3.05, 3.63) is 40.5 Å². The summed E-state index contributed by atoms with van der Waals surface area (Å²) in [6.45, 7) is 0.710. The number of para-hydroxylation sites is 1. The number of anilines is 2. The number of nitrogens with zero attached hydrogens (tertiary/aromatic N) is 3. The third kappa shape index (κ3) is 3.10. The van der Waals surface area contributed by atoms with Gasteiger partial charge in [0.1, 0.15) is 0 Å². The number of rotatable bonds is 5. The highest BCUT2D eigenvalue weighted by atomic mass is 79.9. The molecule has 6 heteroatoms. The van der Waals surface area contributed by atoms with Crippen LogP contribution >= 0.6 is 15.9 Å². The summed E-state index contributed by atoms with van der Waals surface area (Å²) in [6, 6.07) is 8.39. The molecular formula is C15H17BrN4O. The van der Waals surface area contributed by atoms with Gasteiger partial charge in [0, 0.05) is 18.3 Å². The number of halogens is 1. The van der Waals surface area contributed by atoms with E-state index in [-0.39, 0.29) is 0 Å². The molecule has 0 spiro atoms. The molecule has 0 amide bonds. The van der Waals surface area contributed by atoms with Crippen LogP contribution in [0.5, 0.6) is 5.88 Å². The van der Waals surface area contributed by atoms with E-state index in [2.05, 4.69) is 30.8 Å². The van der Waals surface area contributed by atoms with Gasteiger partial charge in [0.2, 0.25) is 11.8 Å². The Bertz CT molecular complexity index is 645. The molecular weight excluding hydrogens is 332 g/mol. The quantitative estimate of drug-likeness (QED) is 0.841. The summed E-state index contributed by atoms with van der Waals surface area (Å²) >= 11 is 3.38. The van der Waals surface area contributed by atoms with Crippen LogP contribution in [-0.2, 0) is 6.54 Å². The summed E-state index contributed by atoms with van der Waals surface area (Å²) in [4.78, 5) is 11.1. The van der Waals surface area contributed by atoms with Crippen LogP contribution in [0.4, 0.5) is 11.6 Å². The molecule has 110 valence electrons. The highest BCUT2D eigenvalue weighted by Crippen LogP contribution is 2.33. The number of ether oxygens (including phenoxy) is 1. The number of aromatic nitrogens is 2. The fraction of sp³-hybridized carbons (Fsp3) is 0.333. The number of methoxy groups -OCH3 is 1. The summed E-state index contributed by atoms with van der Waals surface area (Å²) in [5, 5.41) is 0. The van der Waals surface area contributed by atoms with Crippen LogP contribution in [0.3, 0.4) is 0 Å². The van der Waals surface area contributed by atoms with Crippen molar-refractivity contribution in [2.75, 3.05) is 17.7 Å². The zero-order valence-electron chi connectivity index (χ0n) is 11.8. The van der Waals surface area contributed by atoms with Gasteiger partial charge < -0.3 is 15.4 Å². The molecule has 5 nitrogen and oxygen atoms in total. The van der Waals surface area contributed by atoms with Crippen LogP contribution in [0.25, 0.3) is 0 Å². The third-order valence-corrected chi connectivity index (χ3v) is 4.08. The lowest BCUT2D eigenvalue weighted by atomic mass is 10.1. The first-order valence-corrected chi connectivity index (χ1v) is 7.65. The summed E-state index contributed by atoms with van der Waals surface area (Å²) in [7, 11) is 1.60. The van der Waals surface area contributed by atoms with Crippen molar-refractivity contribution < 1.29 is 4.74 Å². The predicted molar refractivity (Wildman–Crippen MR) is 86.3 cm³/mol. The SMILES string of the molecule is COc1nc(N(Cc2ccccc2N)C2CC2)ncc1Br. The van der Waals surface area contributed by atoms with Crippen molar-refractivity contribution in [1.29, 1.82) is 0 Å². The molecule has 21 heavy (non-hydrogen) atoms. The Kier molecular flexibility index (Phi) is 3.96. The van der Waals surface area contributed by atoms with E-state index in [1.165, 1.54) is 0 Å². The second kappa shape index (κ2) is 5.89. The van der Waals surface area contributed by atoms with Crippen molar-refractivity contribution in [1.82, 2.24) is 9.97 Å². The minimum Gasteiger partial charge on any atom is -0.480 e. The third-order valence-electron chi connectivity index (χ3n) is 3.53. The van der Waals surface area contributed by atoms with Gasteiger partial charge in [-0.15, -0.1) is 0 Å². The number of benzene rings is 1. The van der Waals surface area contributed by atoms with E-state index in [1.807, 2.05) is 24.3 Å². The lowest BCUT2D eigenvalue weighted by Crippen LogP contribution is -2.27. The maximum atomic E-state index is 6.05. The van der Waals surface area contributed by atoms with Crippen molar-refractivity contribution in [3.8, 4) is 5.88 Å². The first kappa shape index (κ1) is 14.1. The van der Waals surface area contributed by atoms with Gasteiger partial charge in [-0.3, -0.25) is 0 Å². The van der Waals surface area contributed by atoms with Crippen LogP contribution in [0.2, 0.25) is 0 Å². The number of hydrogen-bond acceptors (Lipinski definition) is 5. The standard InChI is InChI=1S/C15H17BrN4O/c1-21-14-12(16)8-18-15(19-14)20(11-6-7-11)9-10-4-2-3-5-13(10)17/h2-5,8,11H,6-7,9,17H2,1H3. The van der Waals surface area contributed by atoms with Crippen molar-refractivity contribution in [3.63, 3.8) is 0 Å². The minimum absolute atomic E-state index is 0.482. The molecule has 0 unspecified atom stereocenters. The van der Waals surface area contributed by atoms with Gasteiger partial charge in [0.15, 0.2) is 0 Å². The largest absolute Gasteiger partial charge is 0.480 e. The Morgan fingerprint density at radius 1 is 1.38 bits per heavy atom. The number of nitrogens with two attached hydrogens (primary N) is 1. The molecule has 0 aliphatic heterocycles. The minimum atomic E-state index is 0.482. The molecule has 1 fully saturated rings. The smallest absolute Gasteiger partial charge is 0.232 e. The van der Waals surface area contributed by atoms with Gasteiger partial charge >= 0.3 is 0 Å². The monoisotopic (exact) mass is 348 g/mol. The fourth-order valence-corrected chi connectivity index (χ4v) is 2.59. The van der Waals surface area contributed by atoms with Crippen molar-refractivity contribution in [2.45, 2.75) is 25.4 Å². The summed E-state index contributed by atoms with van der Waals surface area (Å²) in [6.07, 6.45) is 4.05. The van der Waals surface area contributed by atoms with E-state index >= 15 is 0 Å². The maximum absolute atomic E-state index is 6.05. The lowest BCUT2D eigenvalue weighted by molar-refractivity contribution is 0.393. The second-order valence-electron chi connectivity index (χ2n) is 5.09. The van der Waals surface area contributed by atoms with Crippen LogP contribution in [0.15, 0.2) is 34.9 Å². The van der Waals surface area contributed by atoms with Gasteiger partial charge in [0.05, 0.1) is 17.8 Å². The molecule has 1 heterocycles. The molecule has 2 N–H and O–H groups in total. The molecule has 2 aromatic rings. The van der Waals surface area contributed by atoms with Crippen LogP contribution in [0.1, 0.15) is 18.4 Å². The first-order valence-electron chi connectivity index (χ1n) is 6.85. The van der Waals surface area contributed by atoms with Crippen LogP contribution in [0, 0.1) is 0 Å². The van der Waals surface area contributed by atoms with E-state index < -0.39 is 0 Å². The van der Waals surface area contributed by atoms with Crippen molar-refractivity contribution in [2.24, 2.45) is 0 Å². The Morgan fingerprint density at radius 3 is 2.81 bits per heavy atom. The van der Waals surface area contributed by atoms with E-state index in [9.17, 15) is 0 Å². The van der Waals surface area contributed by atoms with E-state index in [1.54, 1.807) is 13.3 Å². The predicted octanol–water partition coefficient (Wildman–Crippen LogP) is 3.00. The van der Waals surface area contributed by atoms with Crippen LogP contribution < -0.4 is 15.4 Å². The normalized spacial score (nSPS) is 14.0. The Balaban J connectivity index is 1.90. The molecule has 0 saturated heterocycles. The van der Waals surface area contributed by atoms with Crippen molar-refractivity contribution >= 4 is 27.6 Å². The highest BCUT2D eigenvalue weighted by molar-refractivity contribution is 9.10. The lowest BCUT2D eigenvalue weighted by Gasteiger charge is -2.23. The molecule has 1 aliphatic rings. The van der Waals surface area contributed by atoms with Gasteiger partial charge in [-0.05, 0) is 40.4 Å². The molecule has 0 atom stereocenters. The molecule has 1 aromatic heterocycles. The van der Waals surface area contributed by atoms with E-state index in [0.29, 0.717) is 24.4 Å². The Morgan fingerprint density at radius 2 is 2.14 bits per heavy atom. The topological polar surface area (TPSA) is 64.3 Å². The van der Waals surface area contributed by atoms with E-state index in [0.717, 1.165) is 28.6 Å². The number of hydrogen-bond donors (Lipinski definition) is 1. The van der Waals surface area contributed by atoms with Gasteiger partial charge in [0.25, 0.3) is 0 Å². The van der Waals surface area contributed by atoms with Gasteiger partial charge in [-0.1, -0.05) is 18.2 Å². The average molecular weight is 349 g/mol. The number of nitrogen functional groups attached to an aromatic ring is 1. The molecule has 1 aromatic carbocycles. The fourth-order valence-electron chi connectivity index (χ4n) is 2.24. The molecule has 1 aliphatic carbocycles. The van der Waals surface area contributed by atoms with E-state index in [4.69, 9.17) is 10.5 Å². The zero-order valence-corrected chi connectivity index (χ0v) is 13.4. The summed E-state index contributed by atoms with van der Waals surface area (Å²) in [5.74, 6) is 1.23. The maximum Gasteiger partial charge on any atom is 0.232 e. The average Bonchev–Trinajstić information content (AvgIpc) is 3.32. The highest BCUT2D eigenvalue weighted by Gasteiger charge is 2.31. The Labute approximate surface area is 132 Å². The molecule has 1 saturated carbocycles. The van der Waals surface area contributed by atoms with Gasteiger partial charge in [-0.2, -0.15) is 4.98 Å². The van der Waals surface area contributed by atoms with Crippen LogP contribution in [-0.4, -0.2) is 23.1 Å². The summed E-state index contributed by atoms with van der Waals surface area (Å²) < 4.78 is 6.01. The molecule has 0 bridgehead atoms. The van der Waals surface area contributed by atoms with Gasteiger partial charge in [-0.25, -0.2) is 4.98 Å². The first-order chi connectivity index (χ1) is 10.2. The second-order valence-corrected chi connectivity index (χ2v) is 5.94. The molecule has 3 rings (SSSR count). The Hall–Kier alpha value is -1.82. The summed E-state index contributed by atoms with van der Waals surface area (Å²) in [5.41, 5.74) is 7.94. The molecule has 0 radical (unpaired) electrons.